The molecular formula is C17H11F3N2O2. The molecule has 0 aliphatic carbocycles. The van der Waals surface area contributed by atoms with Crippen LogP contribution in [-0.2, 0) is 6.54 Å². The molecule has 3 rings (SSSR count). The normalized spacial score (nSPS) is 10.8. The molecular weight excluding hydrogens is 321 g/mol. The lowest BCUT2D eigenvalue weighted by Gasteiger charge is -2.10. The van der Waals surface area contributed by atoms with Crippen LogP contribution in [-0.4, -0.2) is 16.0 Å². The molecule has 3 aromatic rings. The Bertz CT molecular complexity index is 939. The maximum atomic E-state index is 13.7. The molecule has 7 heteroatoms. The van der Waals surface area contributed by atoms with E-state index in [4.69, 9.17) is 5.11 Å². The highest BCUT2D eigenvalue weighted by Crippen LogP contribution is 2.26. The van der Waals surface area contributed by atoms with Crippen LogP contribution in [0, 0.1) is 17.5 Å². The molecule has 0 atom stereocenters. The van der Waals surface area contributed by atoms with E-state index in [0.29, 0.717) is 6.07 Å². The number of para-hydroxylation sites is 1. The van der Waals surface area contributed by atoms with Crippen LogP contribution in [0.15, 0.2) is 42.6 Å². The second-order valence-corrected chi connectivity index (χ2v) is 5.05. The molecule has 2 aromatic carbocycles. The summed E-state index contributed by atoms with van der Waals surface area (Å²) in [5.74, 6) is -7.24. The van der Waals surface area contributed by atoms with Gasteiger partial charge in [0.15, 0.2) is 17.4 Å². The van der Waals surface area contributed by atoms with Crippen LogP contribution in [0.2, 0.25) is 0 Å². The second-order valence-electron chi connectivity index (χ2n) is 5.05. The van der Waals surface area contributed by atoms with Gasteiger partial charge in [-0.25, -0.2) is 8.78 Å². The molecule has 0 spiro atoms. The number of amides is 1. The first kappa shape index (κ1) is 15.8. The molecule has 0 saturated heterocycles. The zero-order valence-electron chi connectivity index (χ0n) is 12.2. The predicted molar refractivity (Wildman–Crippen MR) is 80.9 cm³/mol. The van der Waals surface area contributed by atoms with E-state index in [1.165, 1.54) is 0 Å². The largest absolute Gasteiger partial charge is 0.503 e. The van der Waals surface area contributed by atoms with Gasteiger partial charge in [-0.3, -0.25) is 9.78 Å². The van der Waals surface area contributed by atoms with E-state index in [-0.39, 0.29) is 6.54 Å². The zero-order valence-corrected chi connectivity index (χ0v) is 12.2. The average molecular weight is 332 g/mol. The first-order valence-electron chi connectivity index (χ1n) is 6.96. The van der Waals surface area contributed by atoms with Gasteiger partial charge in [0.05, 0.1) is 11.1 Å². The number of phenols is 1. The zero-order chi connectivity index (χ0) is 17.3. The van der Waals surface area contributed by atoms with Gasteiger partial charge in [-0.15, -0.1) is 0 Å². The molecule has 0 unspecified atom stereocenters. The summed E-state index contributed by atoms with van der Waals surface area (Å²) in [7, 11) is 0. The lowest BCUT2D eigenvalue weighted by molar-refractivity contribution is 0.0945. The monoisotopic (exact) mass is 332 g/mol. The van der Waals surface area contributed by atoms with Crippen molar-refractivity contribution in [3.63, 3.8) is 0 Å². The minimum absolute atomic E-state index is 0.0288. The Morgan fingerprint density at radius 3 is 2.67 bits per heavy atom. The number of phenolic OH excluding ortho intramolecular Hbond substituents is 1. The number of aromatic hydroxyl groups is 1. The first-order valence-corrected chi connectivity index (χ1v) is 6.96. The van der Waals surface area contributed by atoms with E-state index in [1.54, 1.807) is 18.3 Å². The van der Waals surface area contributed by atoms with Gasteiger partial charge in [0.2, 0.25) is 5.82 Å². The van der Waals surface area contributed by atoms with Crippen molar-refractivity contribution >= 4 is 16.8 Å². The minimum atomic E-state index is -1.73. The van der Waals surface area contributed by atoms with Gasteiger partial charge in [0.1, 0.15) is 0 Å². The third-order valence-electron chi connectivity index (χ3n) is 3.56. The van der Waals surface area contributed by atoms with Gasteiger partial charge >= 0.3 is 0 Å². The Balaban J connectivity index is 1.86. The number of pyridine rings is 1. The van der Waals surface area contributed by atoms with Crippen molar-refractivity contribution in [2.75, 3.05) is 0 Å². The molecule has 0 fully saturated rings. The Morgan fingerprint density at radius 1 is 1.12 bits per heavy atom. The van der Waals surface area contributed by atoms with Crippen molar-refractivity contribution in [1.29, 1.82) is 0 Å². The Morgan fingerprint density at radius 2 is 1.88 bits per heavy atom. The summed E-state index contributed by atoms with van der Waals surface area (Å²) in [4.78, 5) is 16.2. The van der Waals surface area contributed by atoms with Gasteiger partial charge in [-0.2, -0.15) is 4.39 Å². The van der Waals surface area contributed by atoms with Crippen molar-refractivity contribution in [2.45, 2.75) is 6.54 Å². The molecule has 2 N–H and O–H groups in total. The van der Waals surface area contributed by atoms with E-state index in [0.717, 1.165) is 16.5 Å². The summed E-state index contributed by atoms with van der Waals surface area (Å²) in [6, 6.07) is 9.33. The van der Waals surface area contributed by atoms with E-state index >= 15 is 0 Å². The highest BCUT2D eigenvalue weighted by molar-refractivity contribution is 5.95. The fourth-order valence-corrected chi connectivity index (χ4v) is 2.34. The SMILES string of the molecule is O=C(NCc1ccnc2ccccc12)c1cc(F)c(F)c(O)c1F. The van der Waals surface area contributed by atoms with Crippen molar-refractivity contribution in [3.05, 3.63) is 71.2 Å². The Hall–Kier alpha value is -3.09. The summed E-state index contributed by atoms with van der Waals surface area (Å²) in [6.45, 7) is 0.0288. The number of benzene rings is 2. The molecule has 1 amide bonds. The summed E-state index contributed by atoms with van der Waals surface area (Å²) in [5.41, 5.74) is 0.673. The smallest absolute Gasteiger partial charge is 0.254 e. The van der Waals surface area contributed by atoms with Crippen LogP contribution in [0.4, 0.5) is 13.2 Å². The van der Waals surface area contributed by atoms with Crippen LogP contribution in [0.5, 0.6) is 5.75 Å². The van der Waals surface area contributed by atoms with E-state index in [2.05, 4.69) is 10.3 Å². The van der Waals surface area contributed by atoms with Crippen molar-refractivity contribution < 1.29 is 23.1 Å². The molecule has 4 nitrogen and oxygen atoms in total. The molecule has 122 valence electrons. The lowest BCUT2D eigenvalue weighted by atomic mass is 10.1. The highest BCUT2D eigenvalue weighted by Gasteiger charge is 2.22. The van der Waals surface area contributed by atoms with Crippen molar-refractivity contribution in [1.82, 2.24) is 10.3 Å². The number of nitrogens with one attached hydrogen (secondary N) is 1. The molecule has 0 radical (unpaired) electrons. The minimum Gasteiger partial charge on any atom is -0.503 e. The Labute approximate surface area is 134 Å². The number of carbonyl (C=O) groups is 1. The van der Waals surface area contributed by atoms with Crippen LogP contribution in [0.25, 0.3) is 10.9 Å². The second kappa shape index (κ2) is 6.19. The topological polar surface area (TPSA) is 62.2 Å². The van der Waals surface area contributed by atoms with Gasteiger partial charge in [0.25, 0.3) is 5.91 Å². The van der Waals surface area contributed by atoms with E-state index in [9.17, 15) is 18.0 Å². The third-order valence-corrected chi connectivity index (χ3v) is 3.56. The molecule has 0 saturated carbocycles. The standard InChI is InChI=1S/C17H11F3N2O2/c18-12-7-11(14(19)16(23)15(12)20)17(24)22-8-9-5-6-21-13-4-2-1-3-10(9)13/h1-7,23H,8H2,(H,22,24). The fraction of sp³-hybridized carbons (Fsp3) is 0.0588. The summed E-state index contributed by atoms with van der Waals surface area (Å²) < 4.78 is 40.1. The van der Waals surface area contributed by atoms with Gasteiger partial charge in [-0.05, 0) is 23.8 Å². The molecule has 1 aromatic heterocycles. The molecule has 0 aliphatic rings. The van der Waals surface area contributed by atoms with Crippen molar-refractivity contribution in [3.8, 4) is 5.75 Å². The number of carbonyl (C=O) groups excluding carboxylic acids is 1. The number of fused-ring (bicyclic) bond motifs is 1. The molecule has 1 heterocycles. The predicted octanol–water partition coefficient (Wildman–Crippen LogP) is 3.29. The van der Waals surface area contributed by atoms with Gasteiger partial charge in [-0.1, -0.05) is 18.2 Å². The van der Waals surface area contributed by atoms with Crippen LogP contribution in [0.1, 0.15) is 15.9 Å². The van der Waals surface area contributed by atoms with Crippen molar-refractivity contribution in [2.24, 2.45) is 0 Å². The van der Waals surface area contributed by atoms with Crippen LogP contribution < -0.4 is 5.32 Å². The first-order chi connectivity index (χ1) is 11.5. The maximum absolute atomic E-state index is 13.7. The number of rotatable bonds is 3. The lowest BCUT2D eigenvalue weighted by Crippen LogP contribution is -2.24. The van der Waals surface area contributed by atoms with E-state index in [1.807, 2.05) is 18.2 Å². The number of nitrogens with zero attached hydrogens (tertiary/aromatic N) is 1. The molecule has 24 heavy (non-hydrogen) atoms. The maximum Gasteiger partial charge on any atom is 0.254 e. The van der Waals surface area contributed by atoms with Crippen LogP contribution >= 0.6 is 0 Å². The highest BCUT2D eigenvalue weighted by atomic mass is 19.2. The van der Waals surface area contributed by atoms with Gasteiger partial charge < -0.3 is 10.4 Å². The van der Waals surface area contributed by atoms with Gasteiger partial charge in [0, 0.05) is 18.1 Å². The number of hydrogen-bond donors (Lipinski definition) is 2. The summed E-state index contributed by atoms with van der Waals surface area (Å²) in [6.07, 6.45) is 1.56. The quantitative estimate of drug-likeness (QED) is 0.724. The summed E-state index contributed by atoms with van der Waals surface area (Å²) in [5, 5.41) is 12.4. The fourth-order valence-electron chi connectivity index (χ4n) is 2.34. The third kappa shape index (κ3) is 2.76. The number of aromatic nitrogens is 1. The molecule has 0 bridgehead atoms. The average Bonchev–Trinajstić information content (AvgIpc) is 2.60. The number of hydrogen-bond acceptors (Lipinski definition) is 3. The van der Waals surface area contributed by atoms with Crippen LogP contribution in [0.3, 0.4) is 0 Å². The summed E-state index contributed by atoms with van der Waals surface area (Å²) >= 11 is 0. The Kier molecular flexibility index (Phi) is 4.07. The van der Waals surface area contributed by atoms with E-state index < -0.39 is 34.7 Å². The number of halogens is 3. The molecule has 0 aliphatic heterocycles.